The van der Waals surface area contributed by atoms with Gasteiger partial charge < -0.3 is 13.7 Å². The van der Waals surface area contributed by atoms with E-state index in [9.17, 15) is 10.5 Å². The first kappa shape index (κ1) is 30.7. The highest BCUT2D eigenvalue weighted by Gasteiger charge is 2.21. The standard InChI is InChI=1S/C50H29N5/c51-30-32-23-28-46(54-45-20-8-4-15-40(45)49-34(31-52)11-9-21-47(49)54)41(29-32)33-24-26-35(27-25-33)53-42-17-5-3-14-38(42)39-16-10-22-48(50(39)53)55-43-18-6-1-12-36(43)37-13-2-7-19-44(37)55/h1-29H. The van der Waals surface area contributed by atoms with E-state index < -0.39 is 0 Å². The summed E-state index contributed by atoms with van der Waals surface area (Å²) in [5, 5.41) is 26.9. The number of aromatic nitrogens is 3. The van der Waals surface area contributed by atoms with Crippen LogP contribution >= 0.6 is 0 Å². The smallest absolute Gasteiger partial charge is 0.0998 e. The van der Waals surface area contributed by atoms with Gasteiger partial charge in [-0.25, -0.2) is 0 Å². The third kappa shape index (κ3) is 4.39. The number of para-hydroxylation sites is 5. The topological polar surface area (TPSA) is 62.4 Å². The van der Waals surface area contributed by atoms with Crippen LogP contribution in [0.2, 0.25) is 0 Å². The molecule has 0 bridgehead atoms. The zero-order valence-corrected chi connectivity index (χ0v) is 29.5. The SMILES string of the molecule is N#Cc1ccc(-n2c3ccccc3c3c(C#N)cccc32)c(-c2ccc(-n3c4ccccc4c4cccc(-n5c6ccccc6c6ccccc65)c43)cc2)c1. The third-order valence-corrected chi connectivity index (χ3v) is 11.1. The van der Waals surface area contributed by atoms with Crippen LogP contribution in [0.25, 0.3) is 93.6 Å². The first-order valence-electron chi connectivity index (χ1n) is 18.3. The summed E-state index contributed by atoms with van der Waals surface area (Å²) in [6, 6.07) is 66.0. The van der Waals surface area contributed by atoms with Crippen molar-refractivity contribution in [1.82, 2.24) is 13.7 Å². The van der Waals surface area contributed by atoms with E-state index in [1.807, 2.05) is 42.5 Å². The maximum Gasteiger partial charge on any atom is 0.0998 e. The van der Waals surface area contributed by atoms with Crippen molar-refractivity contribution in [2.45, 2.75) is 0 Å². The Labute approximate surface area is 316 Å². The molecule has 0 aliphatic carbocycles. The van der Waals surface area contributed by atoms with Crippen molar-refractivity contribution in [1.29, 1.82) is 10.5 Å². The van der Waals surface area contributed by atoms with Gasteiger partial charge in [0.05, 0.1) is 67.7 Å². The van der Waals surface area contributed by atoms with Crippen LogP contribution in [0.1, 0.15) is 11.1 Å². The van der Waals surface area contributed by atoms with E-state index in [1.54, 1.807) is 0 Å². The van der Waals surface area contributed by atoms with E-state index in [0.29, 0.717) is 11.1 Å². The fourth-order valence-corrected chi connectivity index (χ4v) is 8.83. The Morgan fingerprint density at radius 1 is 0.382 bits per heavy atom. The number of benzene rings is 8. The van der Waals surface area contributed by atoms with Crippen molar-refractivity contribution in [2.75, 3.05) is 0 Å². The predicted octanol–water partition coefficient (Wildman–Crippen LogP) is 12.4. The molecule has 3 aromatic heterocycles. The number of hydrogen-bond acceptors (Lipinski definition) is 2. The van der Waals surface area contributed by atoms with E-state index >= 15 is 0 Å². The lowest BCUT2D eigenvalue weighted by Crippen LogP contribution is -2.01. The van der Waals surface area contributed by atoms with Gasteiger partial charge >= 0.3 is 0 Å². The lowest BCUT2D eigenvalue weighted by molar-refractivity contribution is 1.13. The lowest BCUT2D eigenvalue weighted by Gasteiger charge is -2.16. The van der Waals surface area contributed by atoms with E-state index in [0.717, 1.165) is 61.0 Å². The normalized spacial score (nSPS) is 11.6. The minimum Gasteiger partial charge on any atom is -0.309 e. The van der Waals surface area contributed by atoms with Crippen molar-refractivity contribution >= 4 is 65.4 Å². The minimum atomic E-state index is 0.583. The van der Waals surface area contributed by atoms with Crippen molar-refractivity contribution in [2.24, 2.45) is 0 Å². The molecular formula is C50H29N5. The number of fused-ring (bicyclic) bond motifs is 9. The largest absolute Gasteiger partial charge is 0.309 e. The number of hydrogen-bond donors (Lipinski definition) is 0. The molecule has 0 saturated carbocycles. The summed E-state index contributed by atoms with van der Waals surface area (Å²) in [7, 11) is 0. The molecule has 55 heavy (non-hydrogen) atoms. The van der Waals surface area contributed by atoms with Gasteiger partial charge in [-0.1, -0.05) is 103 Å². The van der Waals surface area contributed by atoms with E-state index in [4.69, 9.17) is 0 Å². The van der Waals surface area contributed by atoms with Gasteiger partial charge in [0.15, 0.2) is 0 Å². The van der Waals surface area contributed by atoms with Crippen LogP contribution in [-0.2, 0) is 0 Å². The maximum atomic E-state index is 10.1. The molecule has 11 rings (SSSR count). The first-order chi connectivity index (χ1) is 27.2. The Balaban J connectivity index is 1.15. The molecule has 5 nitrogen and oxygen atoms in total. The predicted molar refractivity (Wildman–Crippen MR) is 224 cm³/mol. The van der Waals surface area contributed by atoms with Gasteiger partial charge in [-0.2, -0.15) is 10.5 Å². The summed E-state index contributed by atoms with van der Waals surface area (Å²) in [6.45, 7) is 0. The average Bonchev–Trinajstić information content (AvgIpc) is 3.89. The first-order valence-corrected chi connectivity index (χ1v) is 18.3. The molecule has 0 saturated heterocycles. The molecule has 8 aromatic carbocycles. The summed E-state index contributed by atoms with van der Waals surface area (Å²) in [4.78, 5) is 0. The van der Waals surface area contributed by atoms with E-state index in [2.05, 4.69) is 159 Å². The van der Waals surface area contributed by atoms with E-state index in [1.165, 1.54) is 32.6 Å². The second-order valence-electron chi connectivity index (χ2n) is 14.0. The van der Waals surface area contributed by atoms with Crippen molar-refractivity contribution in [3.8, 4) is 40.3 Å². The summed E-state index contributed by atoms with van der Waals surface area (Å²) < 4.78 is 7.01. The average molecular weight is 700 g/mol. The maximum absolute atomic E-state index is 10.1. The second-order valence-corrected chi connectivity index (χ2v) is 14.0. The Morgan fingerprint density at radius 3 is 1.56 bits per heavy atom. The number of nitriles is 2. The monoisotopic (exact) mass is 699 g/mol. The summed E-state index contributed by atoms with van der Waals surface area (Å²) in [5.74, 6) is 0. The Morgan fingerprint density at radius 2 is 0.909 bits per heavy atom. The lowest BCUT2D eigenvalue weighted by atomic mass is 10.00. The summed E-state index contributed by atoms with van der Waals surface area (Å²) in [5.41, 5.74) is 12.8. The molecule has 0 amide bonds. The van der Waals surface area contributed by atoms with Crippen molar-refractivity contribution in [3.05, 3.63) is 187 Å². The number of rotatable bonds is 4. The van der Waals surface area contributed by atoms with Crippen LogP contribution in [0.4, 0.5) is 0 Å². The molecule has 0 radical (unpaired) electrons. The van der Waals surface area contributed by atoms with Gasteiger partial charge in [0.25, 0.3) is 0 Å². The van der Waals surface area contributed by atoms with E-state index in [-0.39, 0.29) is 0 Å². The molecular weight excluding hydrogens is 671 g/mol. The molecule has 0 N–H and O–H groups in total. The second kappa shape index (κ2) is 11.8. The highest BCUT2D eigenvalue weighted by molar-refractivity contribution is 6.15. The molecule has 0 fully saturated rings. The molecule has 3 heterocycles. The molecule has 0 unspecified atom stereocenters. The van der Waals surface area contributed by atoms with Gasteiger partial charge in [0.2, 0.25) is 0 Å². The van der Waals surface area contributed by atoms with Crippen LogP contribution in [0.15, 0.2) is 176 Å². The Hall–Kier alpha value is -7.86. The molecule has 5 heteroatoms. The Kier molecular flexibility index (Phi) is 6.61. The van der Waals surface area contributed by atoms with Crippen molar-refractivity contribution in [3.63, 3.8) is 0 Å². The summed E-state index contributed by atoms with van der Waals surface area (Å²) >= 11 is 0. The quantitative estimate of drug-likeness (QED) is 0.184. The molecule has 11 aromatic rings. The molecule has 0 aliphatic heterocycles. The van der Waals surface area contributed by atoms with Gasteiger partial charge in [0, 0.05) is 43.6 Å². The Bertz CT molecular complexity index is 3400. The van der Waals surface area contributed by atoms with Gasteiger partial charge in [-0.15, -0.1) is 0 Å². The van der Waals surface area contributed by atoms with Crippen molar-refractivity contribution < 1.29 is 0 Å². The molecule has 0 atom stereocenters. The third-order valence-electron chi connectivity index (χ3n) is 11.1. The molecule has 0 aliphatic rings. The van der Waals surface area contributed by atoms with Gasteiger partial charge in [-0.3, -0.25) is 0 Å². The van der Waals surface area contributed by atoms with Crippen LogP contribution < -0.4 is 0 Å². The van der Waals surface area contributed by atoms with Crippen LogP contribution in [0.3, 0.4) is 0 Å². The van der Waals surface area contributed by atoms with Gasteiger partial charge in [-0.05, 0) is 78.4 Å². The minimum absolute atomic E-state index is 0.583. The molecule has 0 spiro atoms. The highest BCUT2D eigenvalue weighted by Crippen LogP contribution is 2.41. The fraction of sp³-hybridized carbons (Fsp3) is 0. The zero-order valence-electron chi connectivity index (χ0n) is 29.5. The van der Waals surface area contributed by atoms with Crippen LogP contribution in [0, 0.1) is 22.7 Å². The van der Waals surface area contributed by atoms with Crippen LogP contribution in [0.5, 0.6) is 0 Å². The number of nitrogens with zero attached hydrogens (tertiary/aromatic N) is 5. The van der Waals surface area contributed by atoms with Gasteiger partial charge in [0.1, 0.15) is 0 Å². The highest BCUT2D eigenvalue weighted by atomic mass is 15.1. The molecule has 254 valence electrons. The van der Waals surface area contributed by atoms with Crippen LogP contribution in [-0.4, -0.2) is 13.7 Å². The fourth-order valence-electron chi connectivity index (χ4n) is 8.83. The summed E-state index contributed by atoms with van der Waals surface area (Å²) in [6.07, 6.45) is 0. The zero-order chi connectivity index (χ0) is 36.6.